The van der Waals surface area contributed by atoms with Gasteiger partial charge in [0.25, 0.3) is 0 Å². The molecule has 1 saturated carbocycles. The van der Waals surface area contributed by atoms with Crippen molar-refractivity contribution in [3.63, 3.8) is 0 Å². The van der Waals surface area contributed by atoms with Gasteiger partial charge in [0.15, 0.2) is 5.78 Å². The maximum atomic E-state index is 11.8. The van der Waals surface area contributed by atoms with E-state index in [4.69, 9.17) is 4.74 Å². The molecule has 0 aromatic heterocycles. The zero-order valence-corrected chi connectivity index (χ0v) is 10.5. The van der Waals surface area contributed by atoms with Crippen LogP contribution in [0.3, 0.4) is 0 Å². The van der Waals surface area contributed by atoms with Crippen molar-refractivity contribution in [3.05, 3.63) is 29.8 Å². The van der Waals surface area contributed by atoms with Gasteiger partial charge in [-0.15, -0.1) is 0 Å². The van der Waals surface area contributed by atoms with Crippen molar-refractivity contribution in [1.29, 1.82) is 0 Å². The van der Waals surface area contributed by atoms with E-state index in [9.17, 15) is 4.79 Å². The molecule has 92 valence electrons. The Morgan fingerprint density at radius 3 is 2.47 bits per heavy atom. The Morgan fingerprint density at radius 1 is 1.29 bits per heavy atom. The second-order valence-electron chi connectivity index (χ2n) is 4.81. The van der Waals surface area contributed by atoms with E-state index in [1.165, 1.54) is 0 Å². The van der Waals surface area contributed by atoms with Crippen LogP contribution in [0.2, 0.25) is 0 Å². The highest BCUT2D eigenvalue weighted by Crippen LogP contribution is 2.32. The summed E-state index contributed by atoms with van der Waals surface area (Å²) in [4.78, 5) is 13.8. The van der Waals surface area contributed by atoms with Gasteiger partial charge in [0.1, 0.15) is 12.4 Å². The summed E-state index contributed by atoms with van der Waals surface area (Å²) in [5.74, 6) is 1.40. The average Bonchev–Trinajstić information content (AvgIpc) is 3.12. The molecule has 1 aromatic rings. The first-order chi connectivity index (χ1) is 8.16. The molecule has 0 radical (unpaired) electrons. The Labute approximate surface area is 102 Å². The standard InChI is InChI=1S/C14H19NO2/c1-15(2)9-10-17-13-7-5-12(6-8-13)14(16)11-3-4-11/h5-8,11H,3-4,9-10H2,1-2H3. The summed E-state index contributed by atoms with van der Waals surface area (Å²) in [7, 11) is 4.03. The third-order valence-electron chi connectivity index (χ3n) is 2.89. The maximum Gasteiger partial charge on any atom is 0.165 e. The van der Waals surface area contributed by atoms with Crippen LogP contribution >= 0.6 is 0 Å². The first-order valence-corrected chi connectivity index (χ1v) is 6.08. The summed E-state index contributed by atoms with van der Waals surface area (Å²) in [6, 6.07) is 7.49. The highest BCUT2D eigenvalue weighted by molar-refractivity contribution is 5.99. The first kappa shape index (κ1) is 12.1. The summed E-state index contributed by atoms with van der Waals surface area (Å²) in [5.41, 5.74) is 0.812. The number of hydrogen-bond acceptors (Lipinski definition) is 3. The number of ether oxygens (including phenoxy) is 1. The Balaban J connectivity index is 1.86. The monoisotopic (exact) mass is 233 g/mol. The number of ketones is 1. The Kier molecular flexibility index (Phi) is 3.79. The second-order valence-corrected chi connectivity index (χ2v) is 4.81. The van der Waals surface area contributed by atoms with Crippen LogP contribution in [-0.2, 0) is 0 Å². The van der Waals surface area contributed by atoms with E-state index in [0.29, 0.717) is 6.61 Å². The van der Waals surface area contributed by atoms with E-state index in [2.05, 4.69) is 4.90 Å². The number of hydrogen-bond donors (Lipinski definition) is 0. The second kappa shape index (κ2) is 5.32. The largest absolute Gasteiger partial charge is 0.492 e. The molecule has 0 bridgehead atoms. The molecule has 0 amide bonds. The predicted octanol–water partition coefficient (Wildman–Crippen LogP) is 2.22. The molecule has 0 N–H and O–H groups in total. The Bertz CT molecular complexity index is 380. The molecule has 1 aliphatic carbocycles. The van der Waals surface area contributed by atoms with E-state index in [-0.39, 0.29) is 11.7 Å². The molecule has 0 saturated heterocycles. The van der Waals surface area contributed by atoms with Crippen LogP contribution in [0.5, 0.6) is 5.75 Å². The average molecular weight is 233 g/mol. The first-order valence-electron chi connectivity index (χ1n) is 6.08. The molecule has 0 aliphatic heterocycles. The Hall–Kier alpha value is -1.35. The number of Topliss-reactive ketones (excluding diaryl/α,β-unsaturated/α-hetero) is 1. The summed E-state index contributed by atoms with van der Waals surface area (Å²) in [6.07, 6.45) is 2.11. The minimum atomic E-state index is 0.282. The maximum absolute atomic E-state index is 11.8. The number of carbonyl (C=O) groups excluding carboxylic acids is 1. The number of likely N-dealkylation sites (N-methyl/N-ethyl adjacent to an activating group) is 1. The van der Waals surface area contributed by atoms with Gasteiger partial charge in [-0.05, 0) is 51.2 Å². The highest BCUT2D eigenvalue weighted by atomic mass is 16.5. The van der Waals surface area contributed by atoms with Crippen molar-refractivity contribution in [2.75, 3.05) is 27.2 Å². The fourth-order valence-electron chi connectivity index (χ4n) is 1.64. The predicted molar refractivity (Wildman–Crippen MR) is 67.5 cm³/mol. The zero-order valence-electron chi connectivity index (χ0n) is 10.5. The van der Waals surface area contributed by atoms with Gasteiger partial charge in [0.2, 0.25) is 0 Å². The van der Waals surface area contributed by atoms with E-state index in [1.807, 2.05) is 38.4 Å². The van der Waals surface area contributed by atoms with Gasteiger partial charge in [0, 0.05) is 18.0 Å². The van der Waals surface area contributed by atoms with Gasteiger partial charge < -0.3 is 9.64 Å². The summed E-state index contributed by atoms with van der Waals surface area (Å²) < 4.78 is 5.57. The molecule has 1 aliphatic rings. The number of carbonyl (C=O) groups is 1. The van der Waals surface area contributed by atoms with Crippen molar-refractivity contribution in [2.45, 2.75) is 12.8 Å². The van der Waals surface area contributed by atoms with Crippen LogP contribution in [0, 0.1) is 5.92 Å². The van der Waals surface area contributed by atoms with Crippen LogP contribution in [-0.4, -0.2) is 37.9 Å². The molecule has 0 spiro atoms. The summed E-state index contributed by atoms with van der Waals surface area (Å²) >= 11 is 0. The minimum absolute atomic E-state index is 0.282. The molecular weight excluding hydrogens is 214 g/mol. The molecule has 1 fully saturated rings. The van der Waals surface area contributed by atoms with E-state index >= 15 is 0 Å². The molecule has 3 heteroatoms. The third kappa shape index (κ3) is 3.56. The highest BCUT2D eigenvalue weighted by Gasteiger charge is 2.30. The quantitative estimate of drug-likeness (QED) is 0.706. The van der Waals surface area contributed by atoms with Crippen molar-refractivity contribution in [2.24, 2.45) is 5.92 Å². The van der Waals surface area contributed by atoms with Crippen molar-refractivity contribution in [3.8, 4) is 5.75 Å². The fraction of sp³-hybridized carbons (Fsp3) is 0.500. The lowest BCUT2D eigenvalue weighted by atomic mass is 10.1. The molecule has 2 rings (SSSR count). The SMILES string of the molecule is CN(C)CCOc1ccc(C(=O)C2CC2)cc1. The van der Waals surface area contributed by atoms with Crippen LogP contribution < -0.4 is 4.74 Å². The molecule has 0 atom stereocenters. The molecule has 0 unspecified atom stereocenters. The van der Waals surface area contributed by atoms with E-state index in [0.717, 1.165) is 30.7 Å². The van der Waals surface area contributed by atoms with E-state index in [1.54, 1.807) is 0 Å². The molecular formula is C14H19NO2. The van der Waals surface area contributed by atoms with Gasteiger partial charge in [-0.25, -0.2) is 0 Å². The van der Waals surface area contributed by atoms with Crippen molar-refractivity contribution >= 4 is 5.78 Å². The minimum Gasteiger partial charge on any atom is -0.492 e. The van der Waals surface area contributed by atoms with Gasteiger partial charge in [-0.3, -0.25) is 4.79 Å². The van der Waals surface area contributed by atoms with Gasteiger partial charge in [-0.2, -0.15) is 0 Å². The zero-order chi connectivity index (χ0) is 12.3. The normalized spacial score (nSPS) is 15.0. The van der Waals surface area contributed by atoms with E-state index < -0.39 is 0 Å². The van der Waals surface area contributed by atoms with Crippen LogP contribution in [0.1, 0.15) is 23.2 Å². The molecule has 1 aromatic carbocycles. The van der Waals surface area contributed by atoms with Crippen LogP contribution in [0.4, 0.5) is 0 Å². The van der Waals surface area contributed by atoms with Gasteiger partial charge in [-0.1, -0.05) is 0 Å². The summed E-state index contributed by atoms with van der Waals surface area (Å²) in [6.45, 7) is 1.56. The van der Waals surface area contributed by atoms with Crippen molar-refractivity contribution < 1.29 is 9.53 Å². The fourth-order valence-corrected chi connectivity index (χ4v) is 1.64. The number of rotatable bonds is 6. The van der Waals surface area contributed by atoms with Crippen molar-refractivity contribution in [1.82, 2.24) is 4.90 Å². The van der Waals surface area contributed by atoms with Gasteiger partial charge >= 0.3 is 0 Å². The van der Waals surface area contributed by atoms with Crippen LogP contribution in [0.15, 0.2) is 24.3 Å². The third-order valence-corrected chi connectivity index (χ3v) is 2.89. The number of benzene rings is 1. The lowest BCUT2D eigenvalue weighted by molar-refractivity contribution is 0.0967. The summed E-state index contributed by atoms with van der Waals surface area (Å²) in [5, 5.41) is 0. The van der Waals surface area contributed by atoms with Crippen LogP contribution in [0.25, 0.3) is 0 Å². The topological polar surface area (TPSA) is 29.5 Å². The van der Waals surface area contributed by atoms with Gasteiger partial charge in [0.05, 0.1) is 0 Å². The molecule has 3 nitrogen and oxygen atoms in total. The smallest absolute Gasteiger partial charge is 0.165 e. The molecule has 17 heavy (non-hydrogen) atoms. The Morgan fingerprint density at radius 2 is 1.94 bits per heavy atom. The molecule has 0 heterocycles. The lowest BCUT2D eigenvalue weighted by Crippen LogP contribution is -2.19. The lowest BCUT2D eigenvalue weighted by Gasteiger charge is -2.11. The number of nitrogens with zero attached hydrogens (tertiary/aromatic N) is 1.